The zero-order valence-electron chi connectivity index (χ0n) is 25.7. The van der Waals surface area contributed by atoms with Crippen LogP contribution in [0.1, 0.15) is 20.7 Å². The molecule has 7 rings (SSSR count). The van der Waals surface area contributed by atoms with Crippen molar-refractivity contribution in [1.29, 1.82) is 0 Å². The number of carbonyl (C=O) groups is 2. The number of halogens is 1. The van der Waals surface area contributed by atoms with Gasteiger partial charge in [0.2, 0.25) is 0 Å². The molecule has 0 aliphatic rings. The molecule has 48 heavy (non-hydrogen) atoms. The van der Waals surface area contributed by atoms with Crippen molar-refractivity contribution in [1.82, 2.24) is 30.6 Å². The van der Waals surface area contributed by atoms with Gasteiger partial charge in [0, 0.05) is 59.6 Å². The summed E-state index contributed by atoms with van der Waals surface area (Å²) < 4.78 is 6.23. The maximum Gasteiger partial charge on any atom is 0.251 e. The number of nitrogens with one attached hydrogen (secondary N) is 4. The molecular weight excluding hydrogens is 628 g/mol. The van der Waals surface area contributed by atoms with E-state index in [1.807, 2.05) is 72.8 Å². The molecule has 2 amide bonds. The molecule has 8 N–H and O–H groups in total. The van der Waals surface area contributed by atoms with Crippen LogP contribution in [0.4, 0.5) is 0 Å². The summed E-state index contributed by atoms with van der Waals surface area (Å²) in [6, 6.07) is 30.6. The van der Waals surface area contributed by atoms with Crippen LogP contribution in [0, 0.1) is 0 Å². The summed E-state index contributed by atoms with van der Waals surface area (Å²) in [4.78, 5) is 40.7. The molecule has 0 fully saturated rings. The average Bonchev–Trinajstić information content (AvgIpc) is 3.88. The highest BCUT2D eigenvalue weighted by atomic mass is 35.5. The van der Waals surface area contributed by atoms with Crippen molar-refractivity contribution in [2.24, 2.45) is 11.5 Å². The fraction of sp³-hybridized carbons (Fsp3) is 0.111. The molecule has 7 aromatic rings. The number of carbonyl (C=O) groups excluding carboxylic acids is 2. The van der Waals surface area contributed by atoms with Crippen molar-refractivity contribution in [3.63, 3.8) is 0 Å². The highest BCUT2D eigenvalue weighted by Gasteiger charge is 2.13. The summed E-state index contributed by atoms with van der Waals surface area (Å²) >= 11 is 0. The molecule has 0 saturated carbocycles. The van der Waals surface area contributed by atoms with Gasteiger partial charge in [-0.1, -0.05) is 48.5 Å². The van der Waals surface area contributed by atoms with Crippen LogP contribution in [0.5, 0.6) is 0 Å². The van der Waals surface area contributed by atoms with E-state index >= 15 is 0 Å². The topological polar surface area (TPSA) is 181 Å². The fourth-order valence-electron chi connectivity index (χ4n) is 5.38. The van der Waals surface area contributed by atoms with Crippen molar-refractivity contribution >= 4 is 46.3 Å². The van der Waals surface area contributed by atoms with E-state index in [1.165, 1.54) is 0 Å². The Morgan fingerprint density at radius 2 is 0.979 bits per heavy atom. The number of fused-ring (bicyclic) bond motifs is 2. The summed E-state index contributed by atoms with van der Waals surface area (Å²) in [6.45, 7) is 1.62. The zero-order chi connectivity index (χ0) is 32.3. The quantitative estimate of drug-likeness (QED) is 0.112. The van der Waals surface area contributed by atoms with E-state index in [-0.39, 0.29) is 24.2 Å². The summed E-state index contributed by atoms with van der Waals surface area (Å²) in [7, 11) is 0. The normalized spacial score (nSPS) is 11.0. The Morgan fingerprint density at radius 3 is 1.38 bits per heavy atom. The predicted molar refractivity (Wildman–Crippen MR) is 190 cm³/mol. The third-order valence-electron chi connectivity index (χ3n) is 7.84. The van der Waals surface area contributed by atoms with Crippen molar-refractivity contribution < 1.29 is 14.0 Å². The molecule has 0 aliphatic heterocycles. The summed E-state index contributed by atoms with van der Waals surface area (Å²) in [5, 5.41) is 5.57. The van der Waals surface area contributed by atoms with Gasteiger partial charge in [-0.2, -0.15) is 0 Å². The lowest BCUT2D eigenvalue weighted by atomic mass is 10.1. The van der Waals surface area contributed by atoms with Crippen molar-refractivity contribution in [3.8, 4) is 45.4 Å². The van der Waals surface area contributed by atoms with E-state index in [2.05, 4.69) is 20.6 Å². The van der Waals surface area contributed by atoms with Gasteiger partial charge >= 0.3 is 0 Å². The number of hydrogen-bond acceptors (Lipinski definition) is 7. The average molecular weight is 661 g/mol. The molecule has 4 aromatic carbocycles. The first kappa shape index (κ1) is 32.2. The molecule has 0 aliphatic carbocycles. The Balaban J connectivity index is 0.00000401. The number of aromatic nitrogens is 4. The van der Waals surface area contributed by atoms with Gasteiger partial charge in [0.15, 0.2) is 0 Å². The van der Waals surface area contributed by atoms with Crippen LogP contribution in [0.2, 0.25) is 0 Å². The van der Waals surface area contributed by atoms with Gasteiger partial charge < -0.3 is 36.5 Å². The van der Waals surface area contributed by atoms with E-state index in [4.69, 9.17) is 25.9 Å². The standard InChI is InChI=1S/C36H32N8O3.ClH/c37-15-17-39-35(45)25-9-11-27-29(19-25)43-33(41-27)23-5-1-21(2-6-23)31-13-14-32(47-31)22-3-7-24(8-4-22)34-42-28-12-10-26(20-30(28)44-34)36(46)40-18-16-38;/h1-14,19-20H,15-18,37-38H2,(H,39,45)(H,40,46)(H,41,43)(H,42,44);1H. The maximum atomic E-state index is 12.3. The molecule has 0 spiro atoms. The molecule has 3 aromatic heterocycles. The van der Waals surface area contributed by atoms with Gasteiger partial charge in [-0.3, -0.25) is 9.59 Å². The first-order chi connectivity index (χ1) is 23.0. The second kappa shape index (κ2) is 13.9. The Kier molecular flexibility index (Phi) is 9.35. The van der Waals surface area contributed by atoms with Gasteiger partial charge in [0.25, 0.3) is 11.8 Å². The van der Waals surface area contributed by atoms with E-state index in [0.29, 0.717) is 49.0 Å². The largest absolute Gasteiger partial charge is 0.456 e. The molecule has 0 bridgehead atoms. The number of imidazole rings is 2. The fourth-order valence-corrected chi connectivity index (χ4v) is 5.38. The number of H-pyrrole nitrogens is 2. The van der Waals surface area contributed by atoms with Crippen LogP contribution in [0.15, 0.2) is 101 Å². The second-order valence-electron chi connectivity index (χ2n) is 11.0. The third kappa shape index (κ3) is 6.56. The van der Waals surface area contributed by atoms with Gasteiger partial charge in [0.05, 0.1) is 22.1 Å². The lowest BCUT2D eigenvalue weighted by Crippen LogP contribution is -2.28. The van der Waals surface area contributed by atoms with Gasteiger partial charge in [-0.05, 0) is 48.5 Å². The van der Waals surface area contributed by atoms with Crippen molar-refractivity contribution in [2.75, 3.05) is 26.2 Å². The van der Waals surface area contributed by atoms with Crippen molar-refractivity contribution in [2.45, 2.75) is 0 Å². The van der Waals surface area contributed by atoms with Gasteiger partial charge in [-0.25, -0.2) is 9.97 Å². The first-order valence-corrected chi connectivity index (χ1v) is 15.3. The molecule has 12 heteroatoms. The number of furan rings is 1. The zero-order valence-corrected chi connectivity index (χ0v) is 26.6. The molecule has 0 unspecified atom stereocenters. The number of benzene rings is 4. The Morgan fingerprint density at radius 1 is 0.583 bits per heavy atom. The number of hydrogen-bond donors (Lipinski definition) is 6. The smallest absolute Gasteiger partial charge is 0.251 e. The highest BCUT2D eigenvalue weighted by Crippen LogP contribution is 2.31. The van der Waals surface area contributed by atoms with Crippen LogP contribution in [0.25, 0.3) is 67.5 Å². The van der Waals surface area contributed by atoms with Crippen LogP contribution in [-0.4, -0.2) is 57.9 Å². The minimum Gasteiger partial charge on any atom is -0.456 e. The summed E-state index contributed by atoms with van der Waals surface area (Å²) in [5.74, 6) is 2.58. The number of amides is 2. The van der Waals surface area contributed by atoms with Crippen LogP contribution in [0.3, 0.4) is 0 Å². The van der Waals surface area contributed by atoms with Gasteiger partial charge in [-0.15, -0.1) is 12.4 Å². The highest BCUT2D eigenvalue weighted by molar-refractivity contribution is 5.98. The monoisotopic (exact) mass is 660 g/mol. The van der Waals surface area contributed by atoms with Crippen LogP contribution in [-0.2, 0) is 0 Å². The van der Waals surface area contributed by atoms with E-state index in [0.717, 1.165) is 55.8 Å². The lowest BCUT2D eigenvalue weighted by molar-refractivity contribution is 0.0946. The number of nitrogens with zero attached hydrogens (tertiary/aromatic N) is 2. The first-order valence-electron chi connectivity index (χ1n) is 15.3. The number of aromatic amines is 2. The SMILES string of the molecule is Cl.NCCNC(=O)c1ccc2nc(-c3ccc(-c4ccc(-c5ccc(-c6nc7ccc(C(=O)NCCN)cc7[nH]6)cc5)o4)cc3)[nH]c2c1. The number of nitrogens with two attached hydrogens (primary N) is 2. The number of rotatable bonds is 10. The Bertz CT molecular complexity index is 2060. The van der Waals surface area contributed by atoms with Crippen LogP contribution < -0.4 is 22.1 Å². The summed E-state index contributed by atoms with van der Waals surface area (Å²) in [5.41, 5.74) is 18.9. The molecule has 11 nitrogen and oxygen atoms in total. The molecular formula is C36H33ClN8O3. The minimum atomic E-state index is -0.168. The van der Waals surface area contributed by atoms with Crippen LogP contribution >= 0.6 is 12.4 Å². The molecule has 3 heterocycles. The van der Waals surface area contributed by atoms with Gasteiger partial charge in [0.1, 0.15) is 23.2 Å². The Hall–Kier alpha value is -5.75. The van der Waals surface area contributed by atoms with E-state index in [1.54, 1.807) is 24.3 Å². The molecule has 0 atom stereocenters. The van der Waals surface area contributed by atoms with Crippen molar-refractivity contribution in [3.05, 3.63) is 108 Å². The lowest BCUT2D eigenvalue weighted by Gasteiger charge is -2.02. The second-order valence-corrected chi connectivity index (χ2v) is 11.0. The third-order valence-corrected chi connectivity index (χ3v) is 7.84. The molecule has 242 valence electrons. The molecule has 0 radical (unpaired) electrons. The maximum absolute atomic E-state index is 12.3. The predicted octanol–water partition coefficient (Wildman–Crippen LogP) is 5.50. The summed E-state index contributed by atoms with van der Waals surface area (Å²) in [6.07, 6.45) is 0. The minimum absolute atomic E-state index is 0. The Labute approximate surface area is 281 Å². The van der Waals surface area contributed by atoms with E-state index in [9.17, 15) is 9.59 Å². The van der Waals surface area contributed by atoms with E-state index < -0.39 is 0 Å². The molecule has 0 saturated heterocycles.